The molecule has 0 aliphatic carbocycles. The molecule has 1 atom stereocenters. The van der Waals surface area contributed by atoms with E-state index in [-0.39, 0.29) is 6.54 Å². The molecule has 8 heteroatoms. The largest absolute Gasteiger partial charge is 0.480 e. The van der Waals surface area contributed by atoms with E-state index in [1.807, 2.05) is 30.3 Å². The van der Waals surface area contributed by atoms with Gasteiger partial charge in [0.2, 0.25) is 0 Å². The van der Waals surface area contributed by atoms with Gasteiger partial charge in [-0.15, -0.1) is 0 Å². The third-order valence-electron chi connectivity index (χ3n) is 3.46. The maximum atomic E-state index is 12.5. The molecule has 0 aliphatic rings. The number of carboxylic acid groups (broad SMARTS) is 1. The van der Waals surface area contributed by atoms with E-state index in [1.165, 1.54) is 0 Å². The highest BCUT2D eigenvalue weighted by Gasteiger charge is 2.28. The number of nitrogens with one attached hydrogen (secondary N) is 1. The fraction of sp³-hybridized carbons (Fsp3) is 0.571. The van der Waals surface area contributed by atoms with Crippen molar-refractivity contribution in [3.63, 3.8) is 0 Å². The quantitative estimate of drug-likeness (QED) is 0.716. The van der Waals surface area contributed by atoms with E-state index in [9.17, 15) is 19.5 Å². The van der Waals surface area contributed by atoms with Crippen molar-refractivity contribution >= 4 is 18.2 Å². The first kappa shape index (κ1) is 24.3. The topological polar surface area (TPSA) is 105 Å². The van der Waals surface area contributed by atoms with Crippen LogP contribution in [0.5, 0.6) is 0 Å². The van der Waals surface area contributed by atoms with E-state index in [4.69, 9.17) is 9.47 Å². The fourth-order valence-corrected chi connectivity index (χ4v) is 2.49. The van der Waals surface area contributed by atoms with Crippen LogP contribution >= 0.6 is 0 Å². The van der Waals surface area contributed by atoms with Gasteiger partial charge in [-0.25, -0.2) is 9.59 Å². The number of carbonyl (C=O) groups is 3. The van der Waals surface area contributed by atoms with Crippen LogP contribution in [0.3, 0.4) is 0 Å². The number of nitrogens with zero attached hydrogens (tertiary/aromatic N) is 1. The van der Waals surface area contributed by atoms with Crippen LogP contribution in [-0.4, -0.2) is 58.5 Å². The summed E-state index contributed by atoms with van der Waals surface area (Å²) in [7, 11) is 0. The third kappa shape index (κ3) is 11.0. The number of amides is 2. The van der Waals surface area contributed by atoms with Crippen LogP contribution in [0.25, 0.3) is 0 Å². The molecule has 29 heavy (non-hydrogen) atoms. The van der Waals surface area contributed by atoms with Gasteiger partial charge in [-0.1, -0.05) is 30.3 Å². The van der Waals surface area contributed by atoms with E-state index >= 15 is 0 Å². The highest BCUT2D eigenvalue weighted by atomic mass is 16.6. The van der Waals surface area contributed by atoms with Crippen molar-refractivity contribution in [3.05, 3.63) is 35.9 Å². The zero-order valence-electron chi connectivity index (χ0n) is 18.0. The molecule has 0 unspecified atom stereocenters. The summed E-state index contributed by atoms with van der Waals surface area (Å²) in [6.45, 7) is 9.74. The average Bonchev–Trinajstić information content (AvgIpc) is 2.51. The molecule has 0 saturated carbocycles. The number of alkyl carbamates (subject to hydrolysis) is 1. The third-order valence-corrected chi connectivity index (χ3v) is 3.46. The second kappa shape index (κ2) is 10.1. The van der Waals surface area contributed by atoms with Crippen molar-refractivity contribution in [1.82, 2.24) is 10.2 Å². The first-order valence-electron chi connectivity index (χ1n) is 9.48. The lowest BCUT2D eigenvalue weighted by Gasteiger charge is -2.30. The number of ether oxygens (including phenoxy) is 2. The Kier molecular flexibility index (Phi) is 8.48. The molecule has 1 aromatic rings. The average molecular weight is 408 g/mol. The Morgan fingerprint density at radius 2 is 1.55 bits per heavy atom. The molecule has 2 amide bonds. The van der Waals surface area contributed by atoms with Crippen molar-refractivity contribution in [2.24, 2.45) is 0 Å². The number of carbonyl (C=O) groups excluding carboxylic acids is 2. The highest BCUT2D eigenvalue weighted by molar-refractivity contribution is 5.77. The Morgan fingerprint density at radius 3 is 2.03 bits per heavy atom. The molecule has 0 radical (unpaired) electrons. The van der Waals surface area contributed by atoms with Gasteiger partial charge in [-0.05, 0) is 53.5 Å². The van der Waals surface area contributed by atoms with Crippen LogP contribution in [0.15, 0.2) is 30.3 Å². The van der Waals surface area contributed by atoms with Crippen LogP contribution in [0, 0.1) is 0 Å². The molecular weight excluding hydrogens is 376 g/mol. The summed E-state index contributed by atoms with van der Waals surface area (Å²) < 4.78 is 10.6. The lowest BCUT2D eigenvalue weighted by atomic mass is 10.1. The molecule has 162 valence electrons. The van der Waals surface area contributed by atoms with Gasteiger partial charge in [0.05, 0.1) is 6.04 Å². The molecule has 1 rings (SSSR count). The van der Waals surface area contributed by atoms with Crippen LogP contribution in [-0.2, 0) is 20.7 Å². The van der Waals surface area contributed by atoms with Crippen molar-refractivity contribution < 1.29 is 29.0 Å². The van der Waals surface area contributed by atoms with Gasteiger partial charge in [-0.3, -0.25) is 9.69 Å². The summed E-state index contributed by atoms with van der Waals surface area (Å²) in [4.78, 5) is 37.1. The Morgan fingerprint density at radius 1 is 1.00 bits per heavy atom. The minimum absolute atomic E-state index is 0.0463. The predicted octanol–water partition coefficient (Wildman–Crippen LogP) is 3.44. The lowest BCUT2D eigenvalue weighted by Crippen LogP contribution is -2.50. The van der Waals surface area contributed by atoms with Gasteiger partial charge in [0.15, 0.2) is 0 Å². The maximum absolute atomic E-state index is 12.5. The molecule has 0 bridgehead atoms. The van der Waals surface area contributed by atoms with Gasteiger partial charge in [0, 0.05) is 6.54 Å². The summed E-state index contributed by atoms with van der Waals surface area (Å²) in [5.74, 6) is -1.17. The number of hydrogen-bond acceptors (Lipinski definition) is 5. The fourth-order valence-electron chi connectivity index (χ4n) is 2.49. The Hall–Kier alpha value is -2.77. The van der Waals surface area contributed by atoms with Gasteiger partial charge >= 0.3 is 18.2 Å². The van der Waals surface area contributed by atoms with Crippen molar-refractivity contribution in [3.8, 4) is 0 Å². The normalized spacial score (nSPS) is 12.6. The predicted molar refractivity (Wildman–Crippen MR) is 109 cm³/mol. The molecule has 1 aromatic carbocycles. The van der Waals surface area contributed by atoms with E-state index in [0.717, 1.165) is 10.5 Å². The Balaban J connectivity index is 3.01. The molecule has 0 aromatic heterocycles. The Bertz CT molecular complexity index is 691. The van der Waals surface area contributed by atoms with Gasteiger partial charge in [0.1, 0.15) is 17.7 Å². The van der Waals surface area contributed by atoms with Gasteiger partial charge in [-0.2, -0.15) is 0 Å². The SMILES string of the molecule is CC(C)(C)OC(=O)N[C@H](Cc1ccccc1)CN(CC(=O)O)C(=O)OC(C)(C)C. The first-order chi connectivity index (χ1) is 13.2. The zero-order valence-corrected chi connectivity index (χ0v) is 18.0. The van der Waals surface area contributed by atoms with Crippen LogP contribution < -0.4 is 5.32 Å². The summed E-state index contributed by atoms with van der Waals surface area (Å²) >= 11 is 0. The highest BCUT2D eigenvalue weighted by Crippen LogP contribution is 2.13. The lowest BCUT2D eigenvalue weighted by molar-refractivity contribution is -0.138. The molecule has 2 N–H and O–H groups in total. The zero-order chi connectivity index (χ0) is 22.2. The summed E-state index contributed by atoms with van der Waals surface area (Å²) in [6, 6.07) is 8.81. The number of carboxylic acids is 1. The molecule has 0 saturated heterocycles. The van der Waals surface area contributed by atoms with Crippen LogP contribution in [0.4, 0.5) is 9.59 Å². The van der Waals surface area contributed by atoms with E-state index in [2.05, 4.69) is 5.32 Å². The Labute approximate surface area is 172 Å². The summed E-state index contributed by atoms with van der Waals surface area (Å²) in [6.07, 6.45) is -1.01. The minimum atomic E-state index is -1.17. The smallest absolute Gasteiger partial charge is 0.410 e. The molecule has 0 fully saturated rings. The number of aliphatic carboxylic acids is 1. The van der Waals surface area contributed by atoms with E-state index in [1.54, 1.807) is 41.5 Å². The van der Waals surface area contributed by atoms with Gasteiger partial charge < -0.3 is 19.9 Å². The molecular formula is C21H32N2O6. The number of rotatable bonds is 7. The van der Waals surface area contributed by atoms with Crippen molar-refractivity contribution in [2.75, 3.05) is 13.1 Å². The van der Waals surface area contributed by atoms with Gasteiger partial charge in [0.25, 0.3) is 0 Å². The van der Waals surface area contributed by atoms with Crippen molar-refractivity contribution in [2.45, 2.75) is 65.2 Å². The molecule has 8 nitrogen and oxygen atoms in total. The summed E-state index contributed by atoms with van der Waals surface area (Å²) in [5, 5.41) is 11.9. The van der Waals surface area contributed by atoms with E-state index in [0.29, 0.717) is 6.42 Å². The number of benzene rings is 1. The summed E-state index contributed by atoms with van der Waals surface area (Å²) in [5.41, 5.74) is -0.540. The minimum Gasteiger partial charge on any atom is -0.480 e. The second-order valence-electron chi connectivity index (χ2n) is 8.79. The standard InChI is InChI=1S/C21H32N2O6/c1-20(2,3)28-18(26)22-16(12-15-10-8-7-9-11-15)13-23(14-17(24)25)19(27)29-21(4,5)6/h7-11,16H,12-14H2,1-6H3,(H,22,26)(H,24,25)/t16-/m1/s1. The molecule has 0 spiro atoms. The monoisotopic (exact) mass is 408 g/mol. The molecule has 0 aliphatic heterocycles. The van der Waals surface area contributed by atoms with Crippen LogP contribution in [0.2, 0.25) is 0 Å². The maximum Gasteiger partial charge on any atom is 0.410 e. The first-order valence-corrected chi connectivity index (χ1v) is 9.48. The van der Waals surface area contributed by atoms with Crippen LogP contribution in [0.1, 0.15) is 47.1 Å². The van der Waals surface area contributed by atoms with E-state index < -0.39 is 41.9 Å². The number of hydrogen-bond donors (Lipinski definition) is 2. The van der Waals surface area contributed by atoms with Crippen molar-refractivity contribution in [1.29, 1.82) is 0 Å². The second-order valence-corrected chi connectivity index (χ2v) is 8.79. The molecule has 0 heterocycles.